The molecule has 0 radical (unpaired) electrons. The van der Waals surface area contributed by atoms with Crippen molar-refractivity contribution in [3.63, 3.8) is 0 Å². The lowest BCUT2D eigenvalue weighted by atomic mass is 9.80. The van der Waals surface area contributed by atoms with Crippen LogP contribution in [0.5, 0.6) is 0 Å². The number of nitrogens with zero attached hydrogens (tertiary/aromatic N) is 2. The molecule has 5 heteroatoms. The maximum atomic E-state index is 12.2. The van der Waals surface area contributed by atoms with Crippen LogP contribution in [-0.4, -0.2) is 60.5 Å². The Hall–Kier alpha value is -1.10. The third-order valence-electron chi connectivity index (χ3n) is 3.46. The van der Waals surface area contributed by atoms with Crippen molar-refractivity contribution in [1.29, 1.82) is 0 Å². The molecule has 112 valence electrons. The third-order valence-corrected chi connectivity index (χ3v) is 3.46. The zero-order valence-corrected chi connectivity index (χ0v) is 13.1. The normalized spacial score (nSPS) is 13.4. The Kier molecular flexibility index (Phi) is 7.05. The summed E-state index contributed by atoms with van der Waals surface area (Å²) in [5.41, 5.74) is 0.0477. The second-order valence-corrected chi connectivity index (χ2v) is 6.48. The van der Waals surface area contributed by atoms with E-state index in [4.69, 9.17) is 5.11 Å². The SMILES string of the molecule is CC(CC(=O)N(CCN(C)C)CC(=O)O)C(C)(C)C. The van der Waals surface area contributed by atoms with Crippen molar-refractivity contribution in [2.24, 2.45) is 11.3 Å². The Morgan fingerprint density at radius 3 is 2.05 bits per heavy atom. The van der Waals surface area contributed by atoms with E-state index in [1.807, 2.05) is 25.9 Å². The van der Waals surface area contributed by atoms with Crippen LogP contribution in [0.2, 0.25) is 0 Å². The average molecular weight is 272 g/mol. The van der Waals surface area contributed by atoms with E-state index in [0.29, 0.717) is 19.5 Å². The van der Waals surface area contributed by atoms with Gasteiger partial charge in [-0.25, -0.2) is 0 Å². The van der Waals surface area contributed by atoms with E-state index in [1.54, 1.807) is 0 Å². The quantitative estimate of drug-likeness (QED) is 0.763. The summed E-state index contributed by atoms with van der Waals surface area (Å²) < 4.78 is 0. The van der Waals surface area contributed by atoms with Crippen LogP contribution in [-0.2, 0) is 9.59 Å². The molecule has 0 heterocycles. The van der Waals surface area contributed by atoms with Crippen molar-refractivity contribution >= 4 is 11.9 Å². The fourth-order valence-electron chi connectivity index (χ4n) is 1.47. The van der Waals surface area contributed by atoms with Crippen LogP contribution in [0, 0.1) is 11.3 Å². The monoisotopic (exact) mass is 272 g/mol. The lowest BCUT2D eigenvalue weighted by Gasteiger charge is -2.30. The number of rotatable bonds is 7. The minimum Gasteiger partial charge on any atom is -0.480 e. The number of carboxylic acids is 1. The summed E-state index contributed by atoms with van der Waals surface area (Å²) in [5, 5.41) is 8.88. The smallest absolute Gasteiger partial charge is 0.323 e. The first-order valence-electron chi connectivity index (χ1n) is 6.68. The van der Waals surface area contributed by atoms with Crippen LogP contribution in [0.4, 0.5) is 0 Å². The summed E-state index contributed by atoms with van der Waals surface area (Å²) in [7, 11) is 3.81. The Bertz CT molecular complexity index is 308. The predicted octanol–water partition coefficient (Wildman–Crippen LogP) is 1.53. The molecule has 5 nitrogen and oxygen atoms in total. The van der Waals surface area contributed by atoms with Gasteiger partial charge in [-0.1, -0.05) is 27.7 Å². The summed E-state index contributed by atoms with van der Waals surface area (Å²) in [6, 6.07) is 0. The van der Waals surface area contributed by atoms with Gasteiger partial charge in [0.2, 0.25) is 5.91 Å². The molecule has 0 saturated carbocycles. The molecule has 0 aliphatic heterocycles. The molecule has 1 N–H and O–H groups in total. The van der Waals surface area contributed by atoms with Crippen LogP contribution in [0.15, 0.2) is 0 Å². The summed E-state index contributed by atoms with van der Waals surface area (Å²) in [5.74, 6) is -0.821. The molecule has 0 aromatic carbocycles. The van der Waals surface area contributed by atoms with Crippen LogP contribution in [0.1, 0.15) is 34.1 Å². The standard InChI is InChI=1S/C14H28N2O3/c1-11(14(2,3)4)9-12(17)16(10-13(18)19)8-7-15(5)6/h11H,7-10H2,1-6H3,(H,18,19). The molecule has 1 amide bonds. The van der Waals surface area contributed by atoms with Gasteiger partial charge >= 0.3 is 5.97 Å². The molecule has 0 aromatic heterocycles. The fourth-order valence-corrected chi connectivity index (χ4v) is 1.47. The highest BCUT2D eigenvalue weighted by atomic mass is 16.4. The minimum absolute atomic E-state index is 0.0477. The summed E-state index contributed by atoms with van der Waals surface area (Å²) in [4.78, 5) is 26.4. The van der Waals surface area contributed by atoms with Crippen LogP contribution in [0.3, 0.4) is 0 Å². The van der Waals surface area contributed by atoms with Crippen molar-refractivity contribution in [2.75, 3.05) is 33.7 Å². The van der Waals surface area contributed by atoms with Gasteiger partial charge in [0.25, 0.3) is 0 Å². The third kappa shape index (κ3) is 7.82. The molecule has 0 aliphatic rings. The van der Waals surface area contributed by atoms with Gasteiger partial charge in [0, 0.05) is 19.5 Å². The zero-order chi connectivity index (χ0) is 15.2. The van der Waals surface area contributed by atoms with Gasteiger partial charge < -0.3 is 14.9 Å². The maximum absolute atomic E-state index is 12.2. The van der Waals surface area contributed by atoms with Crippen molar-refractivity contribution in [3.8, 4) is 0 Å². The molecule has 0 spiro atoms. The van der Waals surface area contributed by atoms with E-state index in [1.165, 1.54) is 4.90 Å². The van der Waals surface area contributed by atoms with Gasteiger partial charge in [0.1, 0.15) is 6.54 Å². The Labute approximate surface area is 116 Å². The molecular formula is C14H28N2O3. The number of likely N-dealkylation sites (N-methyl/N-ethyl adjacent to an activating group) is 1. The molecular weight excluding hydrogens is 244 g/mol. The van der Waals surface area contributed by atoms with E-state index in [-0.39, 0.29) is 23.8 Å². The average Bonchev–Trinajstić information content (AvgIpc) is 2.21. The Balaban J connectivity index is 4.57. The summed E-state index contributed by atoms with van der Waals surface area (Å²) in [6.07, 6.45) is 0.393. The molecule has 0 bridgehead atoms. The van der Waals surface area contributed by atoms with Crippen LogP contribution >= 0.6 is 0 Å². The van der Waals surface area contributed by atoms with Gasteiger partial charge in [0.05, 0.1) is 0 Å². The molecule has 1 unspecified atom stereocenters. The summed E-state index contributed by atoms with van der Waals surface area (Å²) in [6.45, 7) is 9.20. The zero-order valence-electron chi connectivity index (χ0n) is 13.1. The second kappa shape index (κ2) is 7.48. The highest BCUT2D eigenvalue weighted by molar-refractivity contribution is 5.81. The van der Waals surface area contributed by atoms with Gasteiger partial charge in [-0.2, -0.15) is 0 Å². The predicted molar refractivity (Wildman–Crippen MR) is 76.0 cm³/mol. The molecule has 0 rings (SSSR count). The van der Waals surface area contributed by atoms with E-state index in [2.05, 4.69) is 20.8 Å². The second-order valence-electron chi connectivity index (χ2n) is 6.48. The highest BCUT2D eigenvalue weighted by Gasteiger charge is 2.25. The molecule has 19 heavy (non-hydrogen) atoms. The molecule has 0 aliphatic carbocycles. The number of carbonyl (C=O) groups is 2. The van der Waals surface area contributed by atoms with Gasteiger partial charge in [-0.3, -0.25) is 9.59 Å². The first kappa shape index (κ1) is 17.9. The van der Waals surface area contributed by atoms with Crippen molar-refractivity contribution < 1.29 is 14.7 Å². The van der Waals surface area contributed by atoms with E-state index in [0.717, 1.165) is 0 Å². The molecule has 1 atom stereocenters. The van der Waals surface area contributed by atoms with Crippen LogP contribution < -0.4 is 0 Å². The van der Waals surface area contributed by atoms with Gasteiger partial charge in [-0.05, 0) is 25.4 Å². The van der Waals surface area contributed by atoms with Gasteiger partial charge in [0.15, 0.2) is 0 Å². The van der Waals surface area contributed by atoms with E-state index in [9.17, 15) is 9.59 Å². The van der Waals surface area contributed by atoms with Crippen LogP contribution in [0.25, 0.3) is 0 Å². The van der Waals surface area contributed by atoms with Crippen molar-refractivity contribution in [2.45, 2.75) is 34.1 Å². The fraction of sp³-hybridized carbons (Fsp3) is 0.857. The number of carbonyl (C=O) groups excluding carboxylic acids is 1. The maximum Gasteiger partial charge on any atom is 0.323 e. The number of carboxylic acid groups (broad SMARTS) is 1. The minimum atomic E-state index is -0.962. The van der Waals surface area contributed by atoms with Gasteiger partial charge in [-0.15, -0.1) is 0 Å². The molecule has 0 aromatic rings. The Morgan fingerprint density at radius 1 is 1.16 bits per heavy atom. The number of aliphatic carboxylic acids is 1. The lowest BCUT2D eigenvalue weighted by Crippen LogP contribution is -2.41. The number of hydrogen-bond donors (Lipinski definition) is 1. The van der Waals surface area contributed by atoms with E-state index < -0.39 is 5.97 Å². The van der Waals surface area contributed by atoms with Crippen molar-refractivity contribution in [3.05, 3.63) is 0 Å². The van der Waals surface area contributed by atoms with E-state index >= 15 is 0 Å². The lowest BCUT2D eigenvalue weighted by molar-refractivity contribution is -0.145. The molecule has 0 fully saturated rings. The highest BCUT2D eigenvalue weighted by Crippen LogP contribution is 2.28. The van der Waals surface area contributed by atoms with Crippen molar-refractivity contribution in [1.82, 2.24) is 9.80 Å². The molecule has 0 saturated heterocycles. The number of amides is 1. The first-order valence-corrected chi connectivity index (χ1v) is 6.68. The topological polar surface area (TPSA) is 60.9 Å². The largest absolute Gasteiger partial charge is 0.480 e. The summed E-state index contributed by atoms with van der Waals surface area (Å²) >= 11 is 0. The first-order chi connectivity index (χ1) is 8.54. The Morgan fingerprint density at radius 2 is 1.68 bits per heavy atom. The number of hydrogen-bond acceptors (Lipinski definition) is 3.